The molecule has 0 spiro atoms. The summed E-state index contributed by atoms with van der Waals surface area (Å²) in [6.07, 6.45) is 1.34. The van der Waals surface area contributed by atoms with E-state index in [1.54, 1.807) is 12.1 Å². The number of carbonyl (C=O) groups is 1. The number of rotatable bonds is 5. The molecule has 100 valence electrons. The largest absolute Gasteiger partial charge is 0.548 e. The smallest absolute Gasteiger partial charge is 0.162 e. The predicted octanol–water partition coefficient (Wildman–Crippen LogP) is -0.191. The Labute approximate surface area is 109 Å². The van der Waals surface area contributed by atoms with Crippen LogP contribution in [-0.2, 0) is 4.79 Å². The van der Waals surface area contributed by atoms with Gasteiger partial charge >= 0.3 is 0 Å². The van der Waals surface area contributed by atoms with Crippen LogP contribution in [0.2, 0.25) is 0 Å². The van der Waals surface area contributed by atoms with Crippen LogP contribution in [-0.4, -0.2) is 36.7 Å². The molecular formula is C12H12N3O4-. The highest BCUT2D eigenvalue weighted by Gasteiger charge is 2.10. The Morgan fingerprint density at radius 3 is 2.58 bits per heavy atom. The molecule has 2 rings (SSSR count). The summed E-state index contributed by atoms with van der Waals surface area (Å²) in [5, 5.41) is 13.8. The first-order chi connectivity index (χ1) is 9.15. The molecule has 0 amide bonds. The molecule has 1 aromatic heterocycles. The summed E-state index contributed by atoms with van der Waals surface area (Å²) in [6, 6.07) is 3.38. The number of hydrogen-bond acceptors (Lipinski definition) is 7. The normalized spacial score (nSPS) is 10.2. The lowest BCUT2D eigenvalue weighted by Gasteiger charge is -2.12. The Balaban J connectivity index is 2.51. The fraction of sp³-hybridized carbons (Fsp3) is 0.250. The summed E-state index contributed by atoms with van der Waals surface area (Å²) in [5.41, 5.74) is 0.619. The first-order valence-electron chi connectivity index (χ1n) is 5.46. The van der Waals surface area contributed by atoms with Crippen molar-refractivity contribution in [2.75, 3.05) is 26.1 Å². The number of carboxylic acids is 1. The Hall–Kier alpha value is -2.57. The van der Waals surface area contributed by atoms with E-state index in [0.717, 1.165) is 0 Å². The van der Waals surface area contributed by atoms with E-state index in [-0.39, 0.29) is 6.54 Å². The lowest BCUT2D eigenvalue weighted by atomic mass is 10.2. The van der Waals surface area contributed by atoms with E-state index in [4.69, 9.17) is 9.47 Å². The maximum Gasteiger partial charge on any atom is 0.162 e. The van der Waals surface area contributed by atoms with Crippen LogP contribution >= 0.6 is 0 Å². The molecule has 0 saturated heterocycles. The standard InChI is InChI=1S/C12H13N3O4/c1-18-9-3-7-8(4-10(9)19-2)14-6-15-12(7)13-5-11(16)17/h3-4,6H,5H2,1-2H3,(H,16,17)(H,13,14,15)/p-1. The van der Waals surface area contributed by atoms with Crippen molar-refractivity contribution in [3.05, 3.63) is 18.5 Å². The number of nitrogens with one attached hydrogen (secondary N) is 1. The topological polar surface area (TPSA) is 96.4 Å². The average Bonchev–Trinajstić information content (AvgIpc) is 2.43. The molecule has 1 heterocycles. The fourth-order valence-corrected chi connectivity index (χ4v) is 1.68. The maximum absolute atomic E-state index is 10.5. The third kappa shape index (κ3) is 2.65. The molecular weight excluding hydrogens is 250 g/mol. The first-order valence-corrected chi connectivity index (χ1v) is 5.46. The Morgan fingerprint density at radius 1 is 1.26 bits per heavy atom. The summed E-state index contributed by atoms with van der Waals surface area (Å²) in [6.45, 7) is -0.333. The van der Waals surface area contributed by atoms with Crippen molar-refractivity contribution in [1.82, 2.24) is 9.97 Å². The van der Waals surface area contributed by atoms with Gasteiger partial charge in [-0.1, -0.05) is 0 Å². The second kappa shape index (κ2) is 5.38. The Bertz CT molecular complexity index is 615. The summed E-state index contributed by atoms with van der Waals surface area (Å²) >= 11 is 0. The quantitative estimate of drug-likeness (QED) is 0.797. The SMILES string of the molecule is COc1cc2ncnc(NCC(=O)[O-])c2cc1OC. The van der Waals surface area contributed by atoms with Gasteiger partial charge in [-0.25, -0.2) is 9.97 Å². The third-order valence-corrected chi connectivity index (χ3v) is 2.54. The highest BCUT2D eigenvalue weighted by atomic mass is 16.5. The lowest BCUT2D eigenvalue weighted by Crippen LogP contribution is -2.30. The number of benzene rings is 1. The molecule has 0 radical (unpaired) electrons. The number of ether oxygens (including phenoxy) is 2. The Morgan fingerprint density at radius 2 is 1.95 bits per heavy atom. The zero-order chi connectivity index (χ0) is 13.8. The number of carbonyl (C=O) groups excluding carboxylic acids is 1. The fourth-order valence-electron chi connectivity index (χ4n) is 1.68. The molecule has 0 atom stereocenters. The van der Waals surface area contributed by atoms with Crippen LogP contribution in [0.4, 0.5) is 5.82 Å². The van der Waals surface area contributed by atoms with Crippen molar-refractivity contribution in [2.45, 2.75) is 0 Å². The molecule has 0 saturated carbocycles. The highest BCUT2D eigenvalue weighted by molar-refractivity contribution is 5.92. The number of methoxy groups -OCH3 is 2. The average molecular weight is 262 g/mol. The zero-order valence-electron chi connectivity index (χ0n) is 10.5. The van der Waals surface area contributed by atoms with Crippen LogP contribution in [0, 0.1) is 0 Å². The van der Waals surface area contributed by atoms with Crippen molar-refractivity contribution >= 4 is 22.7 Å². The summed E-state index contributed by atoms with van der Waals surface area (Å²) < 4.78 is 10.4. The van der Waals surface area contributed by atoms with Gasteiger partial charge in [-0.3, -0.25) is 0 Å². The molecule has 7 heteroatoms. The van der Waals surface area contributed by atoms with Crippen LogP contribution in [0.1, 0.15) is 0 Å². The van der Waals surface area contributed by atoms with Gasteiger partial charge in [-0.05, 0) is 6.07 Å². The zero-order valence-corrected chi connectivity index (χ0v) is 10.5. The van der Waals surface area contributed by atoms with E-state index in [1.807, 2.05) is 0 Å². The first kappa shape index (κ1) is 12.9. The maximum atomic E-state index is 10.5. The summed E-state index contributed by atoms with van der Waals surface area (Å²) in [5.74, 6) is 0.239. The van der Waals surface area contributed by atoms with E-state index in [1.165, 1.54) is 20.5 Å². The molecule has 1 aromatic carbocycles. The van der Waals surface area contributed by atoms with Crippen molar-refractivity contribution in [3.8, 4) is 11.5 Å². The van der Waals surface area contributed by atoms with Crippen LogP contribution in [0.25, 0.3) is 10.9 Å². The molecule has 0 aliphatic carbocycles. The highest BCUT2D eigenvalue weighted by Crippen LogP contribution is 2.33. The van der Waals surface area contributed by atoms with Gasteiger partial charge in [0.25, 0.3) is 0 Å². The van der Waals surface area contributed by atoms with Gasteiger partial charge in [0.2, 0.25) is 0 Å². The van der Waals surface area contributed by atoms with E-state index < -0.39 is 5.97 Å². The van der Waals surface area contributed by atoms with Gasteiger partial charge < -0.3 is 24.7 Å². The molecule has 2 aromatic rings. The molecule has 7 nitrogen and oxygen atoms in total. The minimum atomic E-state index is -1.22. The van der Waals surface area contributed by atoms with Gasteiger partial charge in [0.05, 0.1) is 32.3 Å². The molecule has 19 heavy (non-hydrogen) atoms. The van der Waals surface area contributed by atoms with Gasteiger partial charge in [0.1, 0.15) is 12.1 Å². The van der Waals surface area contributed by atoms with E-state index in [9.17, 15) is 9.90 Å². The summed E-state index contributed by atoms with van der Waals surface area (Å²) in [7, 11) is 3.04. The molecule has 0 unspecified atom stereocenters. The molecule has 0 aliphatic rings. The van der Waals surface area contributed by atoms with E-state index in [0.29, 0.717) is 28.2 Å². The van der Waals surface area contributed by atoms with Crippen molar-refractivity contribution in [1.29, 1.82) is 0 Å². The monoisotopic (exact) mass is 262 g/mol. The lowest BCUT2D eigenvalue weighted by molar-refractivity contribution is -0.302. The summed E-state index contributed by atoms with van der Waals surface area (Å²) in [4.78, 5) is 18.6. The van der Waals surface area contributed by atoms with Crippen LogP contribution < -0.4 is 19.9 Å². The third-order valence-electron chi connectivity index (χ3n) is 2.54. The van der Waals surface area contributed by atoms with Gasteiger partial charge in [-0.2, -0.15) is 0 Å². The van der Waals surface area contributed by atoms with Crippen LogP contribution in [0.3, 0.4) is 0 Å². The second-order valence-corrected chi connectivity index (χ2v) is 3.67. The van der Waals surface area contributed by atoms with E-state index >= 15 is 0 Å². The van der Waals surface area contributed by atoms with Crippen LogP contribution in [0.5, 0.6) is 11.5 Å². The molecule has 0 bridgehead atoms. The number of anilines is 1. The number of fused-ring (bicyclic) bond motifs is 1. The number of aromatic nitrogens is 2. The van der Waals surface area contributed by atoms with Gasteiger partial charge in [0, 0.05) is 11.5 Å². The Kier molecular flexibility index (Phi) is 3.65. The van der Waals surface area contributed by atoms with Crippen molar-refractivity contribution in [2.24, 2.45) is 0 Å². The van der Waals surface area contributed by atoms with Crippen molar-refractivity contribution in [3.63, 3.8) is 0 Å². The number of nitrogens with zero attached hydrogens (tertiary/aromatic N) is 2. The van der Waals surface area contributed by atoms with Crippen molar-refractivity contribution < 1.29 is 19.4 Å². The minimum absolute atomic E-state index is 0.333. The minimum Gasteiger partial charge on any atom is -0.548 e. The molecule has 0 aliphatic heterocycles. The van der Waals surface area contributed by atoms with Crippen LogP contribution in [0.15, 0.2) is 18.5 Å². The predicted molar refractivity (Wildman–Crippen MR) is 66.1 cm³/mol. The van der Waals surface area contributed by atoms with Gasteiger partial charge in [0.15, 0.2) is 11.5 Å². The van der Waals surface area contributed by atoms with Gasteiger partial charge in [-0.15, -0.1) is 0 Å². The molecule has 0 fully saturated rings. The second-order valence-electron chi connectivity index (χ2n) is 3.67. The van der Waals surface area contributed by atoms with E-state index in [2.05, 4.69) is 15.3 Å². The number of carboxylic acid groups (broad SMARTS) is 1. The number of aliphatic carboxylic acids is 1. The molecule has 1 N–H and O–H groups in total. The number of hydrogen-bond donors (Lipinski definition) is 1.